The van der Waals surface area contributed by atoms with E-state index < -0.39 is 5.41 Å². The largest absolute Gasteiger partial charge is 0.466 e. The number of pyridine rings is 1. The summed E-state index contributed by atoms with van der Waals surface area (Å²) in [4.78, 5) is 33.2. The van der Waals surface area contributed by atoms with Gasteiger partial charge in [0.25, 0.3) is 0 Å². The number of nitrogens with one attached hydrogen (secondary N) is 1. The summed E-state index contributed by atoms with van der Waals surface area (Å²) in [6.07, 6.45) is 5.75. The highest BCUT2D eigenvalue weighted by Crippen LogP contribution is 2.40. The quantitative estimate of drug-likeness (QED) is 0.242. The number of nitrogens with zero attached hydrogens (tertiary/aromatic N) is 5. The van der Waals surface area contributed by atoms with Gasteiger partial charge in [-0.2, -0.15) is 5.21 Å². The molecule has 5 rings (SSSR count). The molecule has 0 atom stereocenters. The van der Waals surface area contributed by atoms with E-state index in [9.17, 15) is 9.59 Å². The number of fused-ring (bicyclic) bond motifs is 1. The maximum absolute atomic E-state index is 13.4. The van der Waals surface area contributed by atoms with Crippen LogP contribution >= 0.6 is 0 Å². The normalized spacial score (nSPS) is 14.3. The fraction of sp³-hybridized carbons (Fsp3) is 0.419. The van der Waals surface area contributed by atoms with Crippen molar-refractivity contribution in [1.29, 1.82) is 0 Å². The lowest BCUT2D eigenvalue weighted by Crippen LogP contribution is -2.44. The summed E-state index contributed by atoms with van der Waals surface area (Å²) in [6, 6.07) is 18.0. The van der Waals surface area contributed by atoms with Crippen LogP contribution in [0.1, 0.15) is 64.4 Å². The Labute approximate surface area is 234 Å². The lowest BCUT2D eigenvalue weighted by Gasteiger charge is -2.34. The number of carbonyl (C=O) groups excluding carboxylic acids is 2. The van der Waals surface area contributed by atoms with E-state index in [4.69, 9.17) is 9.72 Å². The fourth-order valence-electron chi connectivity index (χ4n) is 5.67. The average molecular weight is 541 g/mol. The van der Waals surface area contributed by atoms with Crippen LogP contribution < -0.4 is 0 Å². The van der Waals surface area contributed by atoms with E-state index in [0.717, 1.165) is 71.8 Å². The molecule has 0 spiro atoms. The molecule has 9 heteroatoms. The smallest absolute Gasteiger partial charge is 0.313 e. The summed E-state index contributed by atoms with van der Waals surface area (Å²) >= 11 is 0. The van der Waals surface area contributed by atoms with Crippen molar-refractivity contribution < 1.29 is 14.3 Å². The molecule has 0 aliphatic heterocycles. The second-order valence-corrected chi connectivity index (χ2v) is 10.6. The number of benzene rings is 2. The predicted octanol–water partition coefficient (Wildman–Crippen LogP) is 5.72. The number of unbranched alkanes of at least 4 members (excludes halogenated alkanes) is 1. The van der Waals surface area contributed by atoms with Crippen LogP contribution in [-0.4, -0.2) is 55.5 Å². The van der Waals surface area contributed by atoms with E-state index >= 15 is 0 Å². The zero-order chi connectivity index (χ0) is 28.0. The second kappa shape index (κ2) is 12.4. The van der Waals surface area contributed by atoms with Crippen molar-refractivity contribution in [3.8, 4) is 22.6 Å². The molecule has 0 unspecified atom stereocenters. The molecule has 1 amide bonds. The first-order valence-corrected chi connectivity index (χ1v) is 14.2. The first kappa shape index (κ1) is 27.4. The molecule has 2 heterocycles. The van der Waals surface area contributed by atoms with Gasteiger partial charge in [0.05, 0.1) is 23.2 Å². The van der Waals surface area contributed by atoms with E-state index in [1.165, 1.54) is 0 Å². The van der Waals surface area contributed by atoms with Crippen molar-refractivity contribution in [2.75, 3.05) is 13.2 Å². The van der Waals surface area contributed by atoms with Crippen LogP contribution in [0, 0.1) is 5.41 Å². The molecular formula is C31H36N6O3. The lowest BCUT2D eigenvalue weighted by atomic mass is 9.85. The van der Waals surface area contributed by atoms with Gasteiger partial charge in [0.2, 0.25) is 11.7 Å². The first-order valence-electron chi connectivity index (χ1n) is 14.2. The molecule has 1 fully saturated rings. The molecule has 1 aliphatic carbocycles. The van der Waals surface area contributed by atoms with Crippen LogP contribution in [-0.2, 0) is 20.9 Å². The van der Waals surface area contributed by atoms with Gasteiger partial charge in [-0.05, 0) is 55.2 Å². The minimum absolute atomic E-state index is 0.0871. The van der Waals surface area contributed by atoms with Gasteiger partial charge in [-0.1, -0.05) is 62.6 Å². The number of H-pyrrole nitrogens is 1. The Morgan fingerprint density at radius 3 is 2.55 bits per heavy atom. The van der Waals surface area contributed by atoms with Gasteiger partial charge in [-0.3, -0.25) is 9.59 Å². The van der Waals surface area contributed by atoms with Crippen molar-refractivity contribution in [3.63, 3.8) is 0 Å². The van der Waals surface area contributed by atoms with Crippen LogP contribution in [0.2, 0.25) is 0 Å². The van der Waals surface area contributed by atoms with Crippen molar-refractivity contribution in [2.45, 2.75) is 65.3 Å². The molecule has 40 heavy (non-hydrogen) atoms. The number of amides is 1. The minimum atomic E-state index is -0.614. The molecule has 2 aromatic carbocycles. The Morgan fingerprint density at radius 2 is 1.82 bits per heavy atom. The Morgan fingerprint density at radius 1 is 1.02 bits per heavy atom. The molecule has 1 aliphatic rings. The van der Waals surface area contributed by atoms with E-state index in [1.54, 1.807) is 0 Å². The Hall–Kier alpha value is -4.14. The SMILES string of the molecule is CCCCC(=O)N(Cc1ccc2nc(-c3ccccc3-c3nn[nH]n3)ccc2c1)CC1(C(=O)OCC)CCCC1. The third-order valence-electron chi connectivity index (χ3n) is 7.78. The molecule has 4 aromatic rings. The van der Waals surface area contributed by atoms with Crippen molar-refractivity contribution >= 4 is 22.8 Å². The van der Waals surface area contributed by atoms with Crippen LogP contribution in [0.15, 0.2) is 54.6 Å². The van der Waals surface area contributed by atoms with E-state index in [0.29, 0.717) is 31.9 Å². The van der Waals surface area contributed by atoms with Gasteiger partial charge in [0.1, 0.15) is 0 Å². The Balaban J connectivity index is 1.41. The van der Waals surface area contributed by atoms with Crippen LogP contribution in [0.4, 0.5) is 0 Å². The monoisotopic (exact) mass is 540 g/mol. The molecule has 0 radical (unpaired) electrons. The van der Waals surface area contributed by atoms with E-state index in [2.05, 4.69) is 39.7 Å². The number of hydrogen-bond acceptors (Lipinski definition) is 7. The Bertz CT molecular complexity index is 1460. The van der Waals surface area contributed by atoms with Gasteiger partial charge >= 0.3 is 5.97 Å². The minimum Gasteiger partial charge on any atom is -0.466 e. The number of hydrogen-bond donors (Lipinski definition) is 1. The maximum Gasteiger partial charge on any atom is 0.313 e. The highest BCUT2D eigenvalue weighted by atomic mass is 16.5. The average Bonchev–Trinajstić information content (AvgIpc) is 3.69. The van der Waals surface area contributed by atoms with E-state index in [-0.39, 0.29) is 11.9 Å². The zero-order valence-electron chi connectivity index (χ0n) is 23.2. The Kier molecular flexibility index (Phi) is 8.48. The number of aromatic amines is 1. The molecule has 1 saturated carbocycles. The number of ether oxygens (including phenoxy) is 1. The zero-order valence-corrected chi connectivity index (χ0v) is 23.2. The van der Waals surface area contributed by atoms with Gasteiger partial charge in [-0.15, -0.1) is 10.2 Å². The number of aromatic nitrogens is 5. The van der Waals surface area contributed by atoms with Gasteiger partial charge in [-0.25, -0.2) is 4.98 Å². The van der Waals surface area contributed by atoms with Crippen molar-refractivity contribution in [3.05, 3.63) is 60.2 Å². The predicted molar refractivity (Wildman–Crippen MR) is 153 cm³/mol. The molecular weight excluding hydrogens is 504 g/mol. The molecule has 9 nitrogen and oxygen atoms in total. The second-order valence-electron chi connectivity index (χ2n) is 10.6. The maximum atomic E-state index is 13.4. The number of tetrazole rings is 1. The van der Waals surface area contributed by atoms with Crippen LogP contribution in [0.5, 0.6) is 0 Å². The third kappa shape index (κ3) is 5.88. The fourth-order valence-corrected chi connectivity index (χ4v) is 5.67. The summed E-state index contributed by atoms with van der Waals surface area (Å²) in [5.41, 5.74) is 3.83. The van der Waals surface area contributed by atoms with Crippen molar-refractivity contribution in [2.24, 2.45) is 5.41 Å². The van der Waals surface area contributed by atoms with Gasteiger partial charge < -0.3 is 9.64 Å². The van der Waals surface area contributed by atoms with Gasteiger partial charge in [0.15, 0.2) is 0 Å². The first-order chi connectivity index (χ1) is 19.5. The summed E-state index contributed by atoms with van der Waals surface area (Å²) in [5.74, 6) is 0.435. The molecule has 0 bridgehead atoms. The summed E-state index contributed by atoms with van der Waals surface area (Å²) < 4.78 is 5.48. The summed E-state index contributed by atoms with van der Waals surface area (Å²) in [6.45, 7) is 5.12. The van der Waals surface area contributed by atoms with Crippen LogP contribution in [0.25, 0.3) is 33.5 Å². The summed E-state index contributed by atoms with van der Waals surface area (Å²) in [7, 11) is 0. The standard InChI is InChI=1S/C31H36N6O3/c1-3-5-12-28(38)37(21-31(17-8-9-18-31)30(39)40-4-2)20-22-13-15-26-23(19-22)14-16-27(32-26)24-10-6-7-11-25(24)29-33-35-36-34-29/h6-7,10-11,13-16,19H,3-5,8-9,12,17-18,20-21H2,1-2H3,(H,33,34,35,36). The highest BCUT2D eigenvalue weighted by molar-refractivity contribution is 5.86. The van der Waals surface area contributed by atoms with Crippen molar-refractivity contribution in [1.82, 2.24) is 30.5 Å². The molecule has 208 valence electrons. The third-order valence-corrected chi connectivity index (χ3v) is 7.78. The topological polar surface area (TPSA) is 114 Å². The molecule has 1 N–H and O–H groups in total. The van der Waals surface area contributed by atoms with Gasteiger partial charge in [0, 0.05) is 36.0 Å². The molecule has 2 aromatic heterocycles. The molecule has 0 saturated heterocycles. The number of esters is 1. The number of carbonyl (C=O) groups is 2. The number of rotatable bonds is 11. The van der Waals surface area contributed by atoms with E-state index in [1.807, 2.05) is 54.3 Å². The lowest BCUT2D eigenvalue weighted by molar-refractivity contribution is -0.157. The highest BCUT2D eigenvalue weighted by Gasteiger charge is 2.44. The summed E-state index contributed by atoms with van der Waals surface area (Å²) in [5, 5.41) is 15.5. The van der Waals surface area contributed by atoms with Crippen LogP contribution in [0.3, 0.4) is 0 Å².